The first kappa shape index (κ1) is 41.0. The van der Waals surface area contributed by atoms with Crippen LogP contribution in [0.1, 0.15) is 48.9 Å². The van der Waals surface area contributed by atoms with Gasteiger partial charge in [0.15, 0.2) is 0 Å². The molecule has 0 aliphatic heterocycles. The van der Waals surface area contributed by atoms with Gasteiger partial charge in [0, 0.05) is 46.3 Å². The molecule has 0 bridgehead atoms. The highest BCUT2D eigenvalue weighted by Gasteiger charge is 2.15. The first-order chi connectivity index (χ1) is 28.3. The third-order valence-corrected chi connectivity index (χ3v) is 9.87. The van der Waals surface area contributed by atoms with Gasteiger partial charge in [-0.05, 0) is 148 Å². The van der Waals surface area contributed by atoms with E-state index in [-0.39, 0.29) is 11.9 Å². The van der Waals surface area contributed by atoms with E-state index in [1.165, 1.54) is 34.4 Å². The van der Waals surface area contributed by atoms with Crippen molar-refractivity contribution in [2.45, 2.75) is 53.4 Å². The molecule has 0 aliphatic carbocycles. The Balaban J connectivity index is 1.18. The Bertz CT molecular complexity index is 2110. The van der Waals surface area contributed by atoms with Crippen LogP contribution in [0.2, 0.25) is 0 Å². The highest BCUT2D eigenvalue weighted by atomic mass is 16.5. The molecule has 6 rings (SSSR count). The van der Waals surface area contributed by atoms with Crippen LogP contribution in [0.15, 0.2) is 170 Å². The minimum atomic E-state index is -0.298. The number of hydrogen-bond donors (Lipinski definition) is 0. The van der Waals surface area contributed by atoms with Gasteiger partial charge in [0.25, 0.3) is 0 Å². The lowest BCUT2D eigenvalue weighted by atomic mass is 10.0. The lowest BCUT2D eigenvalue weighted by Crippen LogP contribution is -2.10. The molecule has 0 spiro atoms. The molecule has 0 saturated heterocycles. The van der Waals surface area contributed by atoms with Crippen LogP contribution in [-0.4, -0.2) is 25.2 Å². The lowest BCUT2D eigenvalue weighted by Gasteiger charge is -2.26. The second kappa shape index (κ2) is 20.5. The van der Waals surface area contributed by atoms with Crippen molar-refractivity contribution in [3.8, 4) is 11.1 Å². The second-order valence-corrected chi connectivity index (χ2v) is 14.3. The van der Waals surface area contributed by atoms with E-state index in [4.69, 9.17) is 9.47 Å². The molecule has 58 heavy (non-hydrogen) atoms. The maximum atomic E-state index is 11.6. The van der Waals surface area contributed by atoms with Crippen molar-refractivity contribution in [2.24, 2.45) is 0 Å². The Morgan fingerprint density at radius 1 is 0.431 bits per heavy atom. The number of nitrogens with zero attached hydrogens (tertiary/aromatic N) is 2. The molecule has 0 N–H and O–H groups in total. The molecule has 0 radical (unpaired) electrons. The highest BCUT2D eigenvalue weighted by molar-refractivity contribution is 5.83. The molecule has 6 aromatic carbocycles. The van der Waals surface area contributed by atoms with E-state index in [0.717, 1.165) is 70.9 Å². The zero-order valence-corrected chi connectivity index (χ0v) is 33.9. The third-order valence-electron chi connectivity index (χ3n) is 9.87. The number of anilines is 6. The summed E-state index contributed by atoms with van der Waals surface area (Å²) < 4.78 is 10.5. The zero-order chi connectivity index (χ0) is 40.7. The van der Waals surface area contributed by atoms with E-state index in [9.17, 15) is 9.59 Å². The topological polar surface area (TPSA) is 59.1 Å². The van der Waals surface area contributed by atoms with Gasteiger partial charge in [-0.25, -0.2) is 9.59 Å². The largest absolute Gasteiger partial charge is 0.463 e. The van der Waals surface area contributed by atoms with Gasteiger partial charge in [0.1, 0.15) is 0 Å². The summed E-state index contributed by atoms with van der Waals surface area (Å²) in [5.41, 5.74) is 13.5. The normalized spacial score (nSPS) is 11.2. The third kappa shape index (κ3) is 11.2. The molecule has 6 heteroatoms. The summed E-state index contributed by atoms with van der Waals surface area (Å²) in [7, 11) is 0. The number of allylic oxidation sites excluding steroid dienone is 2. The number of ether oxygens (including phenoxy) is 2. The Morgan fingerprint density at radius 2 is 0.707 bits per heavy atom. The summed E-state index contributed by atoms with van der Waals surface area (Å²) in [6.07, 6.45) is 9.46. The van der Waals surface area contributed by atoms with Gasteiger partial charge in [-0.2, -0.15) is 0 Å². The van der Waals surface area contributed by atoms with Gasteiger partial charge in [-0.1, -0.05) is 96.1 Å². The van der Waals surface area contributed by atoms with Crippen molar-refractivity contribution < 1.29 is 19.1 Å². The lowest BCUT2D eigenvalue weighted by molar-refractivity contribution is -0.138. The monoisotopic (exact) mass is 768 g/mol. The SMILES string of the molecule is C/C=C/C(=O)OCCCc1ccc(N(c2ccc(C)cc2)c2ccc(-c3ccc(N(c4ccc(C)cc4)c4ccc(CCCOC(=O)/C=C/C)cc4)cc3)cc2)cc1. The van der Waals surface area contributed by atoms with E-state index >= 15 is 0 Å². The number of rotatable bonds is 17. The van der Waals surface area contributed by atoms with Crippen molar-refractivity contribution >= 4 is 46.1 Å². The fourth-order valence-corrected chi connectivity index (χ4v) is 6.78. The van der Waals surface area contributed by atoms with E-state index < -0.39 is 0 Å². The molecule has 0 unspecified atom stereocenters. The number of aryl methyl sites for hydroxylation is 4. The van der Waals surface area contributed by atoms with Gasteiger partial charge < -0.3 is 19.3 Å². The molecule has 0 atom stereocenters. The van der Waals surface area contributed by atoms with Gasteiger partial charge in [0.05, 0.1) is 13.2 Å². The molecule has 0 aromatic heterocycles. The van der Waals surface area contributed by atoms with Gasteiger partial charge >= 0.3 is 11.9 Å². The second-order valence-electron chi connectivity index (χ2n) is 14.3. The molecule has 0 fully saturated rings. The molecular formula is C52H52N2O4. The molecule has 0 aliphatic rings. The molecule has 6 nitrogen and oxygen atoms in total. The fraction of sp³-hybridized carbons (Fsp3) is 0.192. The summed E-state index contributed by atoms with van der Waals surface area (Å²) in [4.78, 5) is 27.8. The van der Waals surface area contributed by atoms with E-state index in [1.807, 2.05) is 0 Å². The molecule has 294 valence electrons. The highest BCUT2D eigenvalue weighted by Crippen LogP contribution is 2.38. The van der Waals surface area contributed by atoms with Crippen LogP contribution in [0.25, 0.3) is 11.1 Å². The molecular weight excluding hydrogens is 717 g/mol. The number of carbonyl (C=O) groups excluding carboxylic acids is 2. The van der Waals surface area contributed by atoms with E-state index in [0.29, 0.717) is 13.2 Å². The summed E-state index contributed by atoms with van der Waals surface area (Å²) in [5, 5.41) is 0. The minimum Gasteiger partial charge on any atom is -0.463 e. The maximum absolute atomic E-state index is 11.6. The van der Waals surface area contributed by atoms with Crippen molar-refractivity contribution in [1.29, 1.82) is 0 Å². The predicted octanol–water partition coefficient (Wildman–Crippen LogP) is 13.0. The van der Waals surface area contributed by atoms with Crippen molar-refractivity contribution in [3.63, 3.8) is 0 Å². The molecule has 0 amide bonds. The standard InChI is InChI=1S/C52H52N2O4/c1-5-9-51(55)57-37-7-11-41-17-29-47(30-18-41)53(45-25-13-39(3)14-26-45)49-33-21-43(22-34-49)44-23-35-50(36-24-44)54(46-27-15-40(4)16-28-46)48-31-19-42(20-32-48)12-8-38-58-52(56)10-6-2/h5-6,9-10,13-36H,7-8,11-12,37-38H2,1-4H3/b9-5+,10-6+. The number of benzene rings is 6. The van der Waals surface area contributed by atoms with Crippen LogP contribution in [-0.2, 0) is 31.9 Å². The van der Waals surface area contributed by atoms with Crippen LogP contribution in [0.3, 0.4) is 0 Å². The van der Waals surface area contributed by atoms with Crippen LogP contribution in [0.5, 0.6) is 0 Å². The van der Waals surface area contributed by atoms with Crippen LogP contribution < -0.4 is 9.80 Å². The maximum Gasteiger partial charge on any atom is 0.330 e. The Labute approximate surface area is 343 Å². The minimum absolute atomic E-state index is 0.298. The fourth-order valence-electron chi connectivity index (χ4n) is 6.78. The Hall–Kier alpha value is -6.66. The summed E-state index contributed by atoms with van der Waals surface area (Å²) in [5.74, 6) is -0.596. The van der Waals surface area contributed by atoms with Crippen molar-refractivity contribution in [3.05, 3.63) is 192 Å². The van der Waals surface area contributed by atoms with Crippen molar-refractivity contribution in [2.75, 3.05) is 23.0 Å². The smallest absolute Gasteiger partial charge is 0.330 e. The van der Waals surface area contributed by atoms with E-state index in [1.54, 1.807) is 26.0 Å². The molecule has 0 saturated carbocycles. The number of carbonyl (C=O) groups is 2. The molecule has 6 aromatic rings. The number of esters is 2. The Kier molecular flexibility index (Phi) is 14.5. The summed E-state index contributed by atoms with van der Waals surface area (Å²) in [6, 6.07) is 52.0. The average molecular weight is 769 g/mol. The quantitative estimate of drug-likeness (QED) is 0.0523. The van der Waals surface area contributed by atoms with Crippen molar-refractivity contribution in [1.82, 2.24) is 0 Å². The predicted molar refractivity (Wildman–Crippen MR) is 239 cm³/mol. The van der Waals surface area contributed by atoms with E-state index in [2.05, 4.69) is 169 Å². The average Bonchev–Trinajstić information content (AvgIpc) is 3.24. The number of hydrogen-bond acceptors (Lipinski definition) is 6. The van der Waals surface area contributed by atoms with Crippen LogP contribution in [0.4, 0.5) is 34.1 Å². The molecule has 0 heterocycles. The summed E-state index contributed by atoms with van der Waals surface area (Å²) >= 11 is 0. The Morgan fingerprint density at radius 3 is 1.00 bits per heavy atom. The van der Waals surface area contributed by atoms with Gasteiger partial charge in [-0.3, -0.25) is 0 Å². The van der Waals surface area contributed by atoms with Gasteiger partial charge in [0.2, 0.25) is 0 Å². The van der Waals surface area contributed by atoms with Gasteiger partial charge in [-0.15, -0.1) is 0 Å². The zero-order valence-electron chi connectivity index (χ0n) is 33.9. The summed E-state index contributed by atoms with van der Waals surface area (Å²) in [6.45, 7) is 8.61. The van der Waals surface area contributed by atoms with Crippen LogP contribution in [0, 0.1) is 13.8 Å². The first-order valence-corrected chi connectivity index (χ1v) is 20.0. The first-order valence-electron chi connectivity index (χ1n) is 20.0. The van der Waals surface area contributed by atoms with Crippen LogP contribution >= 0.6 is 0 Å².